The Bertz CT molecular complexity index is 1160. The van der Waals surface area contributed by atoms with Crippen molar-refractivity contribution in [2.75, 3.05) is 4.90 Å². The molecular weight excluding hydrogens is 350 g/mol. The SMILES string of the molecule is O=C1c2ccccc2C(=O)N1c1c(O)n(Cc2ccccc2)c(=O)[nH]c1=O. The quantitative estimate of drug-likeness (QED) is 0.677. The van der Waals surface area contributed by atoms with Gasteiger partial charge in [0.1, 0.15) is 0 Å². The number of aromatic amines is 1. The molecule has 0 atom stereocenters. The highest BCUT2D eigenvalue weighted by Gasteiger charge is 2.40. The van der Waals surface area contributed by atoms with E-state index < -0.39 is 34.6 Å². The van der Waals surface area contributed by atoms with Gasteiger partial charge in [-0.1, -0.05) is 42.5 Å². The molecule has 0 bridgehead atoms. The predicted octanol–water partition coefficient (Wildman–Crippen LogP) is 1.09. The lowest BCUT2D eigenvalue weighted by Crippen LogP contribution is -2.39. The molecule has 0 spiro atoms. The van der Waals surface area contributed by atoms with Crippen LogP contribution in [0, 0.1) is 0 Å². The number of H-pyrrole nitrogens is 1. The van der Waals surface area contributed by atoms with Crippen LogP contribution in [-0.2, 0) is 6.54 Å². The van der Waals surface area contributed by atoms with Crippen LogP contribution >= 0.6 is 0 Å². The van der Waals surface area contributed by atoms with E-state index in [2.05, 4.69) is 4.98 Å². The number of hydrogen-bond acceptors (Lipinski definition) is 5. The molecule has 0 saturated heterocycles. The van der Waals surface area contributed by atoms with Crippen molar-refractivity contribution in [2.24, 2.45) is 0 Å². The molecule has 27 heavy (non-hydrogen) atoms. The van der Waals surface area contributed by atoms with Crippen LogP contribution in [0.4, 0.5) is 5.69 Å². The second-order valence-electron chi connectivity index (χ2n) is 5.99. The van der Waals surface area contributed by atoms with Crippen LogP contribution in [0.2, 0.25) is 0 Å². The lowest BCUT2D eigenvalue weighted by Gasteiger charge is -2.17. The van der Waals surface area contributed by atoms with Crippen LogP contribution in [0.5, 0.6) is 5.88 Å². The maximum Gasteiger partial charge on any atom is 0.331 e. The number of benzene rings is 2. The molecular formula is C19H13N3O5. The van der Waals surface area contributed by atoms with Gasteiger partial charge in [-0.15, -0.1) is 0 Å². The van der Waals surface area contributed by atoms with Gasteiger partial charge in [0, 0.05) is 0 Å². The molecule has 2 heterocycles. The monoisotopic (exact) mass is 363 g/mol. The van der Waals surface area contributed by atoms with E-state index in [1.807, 2.05) is 0 Å². The average molecular weight is 363 g/mol. The van der Waals surface area contributed by atoms with Gasteiger partial charge >= 0.3 is 5.69 Å². The molecule has 1 aromatic heterocycles. The Hall–Kier alpha value is -3.94. The van der Waals surface area contributed by atoms with Gasteiger partial charge in [-0.25, -0.2) is 9.69 Å². The minimum absolute atomic E-state index is 0.0432. The van der Waals surface area contributed by atoms with Crippen molar-refractivity contribution in [3.05, 3.63) is 92.1 Å². The summed E-state index contributed by atoms with van der Waals surface area (Å²) >= 11 is 0. The van der Waals surface area contributed by atoms with E-state index in [-0.39, 0.29) is 17.7 Å². The normalized spacial score (nSPS) is 13.1. The van der Waals surface area contributed by atoms with E-state index in [0.717, 1.165) is 4.57 Å². The molecule has 0 unspecified atom stereocenters. The summed E-state index contributed by atoms with van der Waals surface area (Å²) in [5.74, 6) is -2.22. The standard InChI is InChI=1S/C19H13N3O5/c23-15-14(22-16(24)12-8-4-5-9-13(12)17(22)25)18(26)21(19(27)20-15)10-11-6-2-1-3-7-11/h1-9,26H,10H2,(H,20,23,27). The molecule has 0 aliphatic carbocycles. The fourth-order valence-corrected chi connectivity index (χ4v) is 3.06. The smallest absolute Gasteiger partial charge is 0.331 e. The molecule has 8 heteroatoms. The number of carbonyl (C=O) groups is 2. The minimum atomic E-state index is -1.02. The number of imide groups is 1. The lowest BCUT2D eigenvalue weighted by molar-refractivity contribution is 0.0924. The number of carbonyl (C=O) groups excluding carboxylic acids is 2. The summed E-state index contributed by atoms with van der Waals surface area (Å²) in [5.41, 5.74) is -1.49. The number of anilines is 1. The summed E-state index contributed by atoms with van der Waals surface area (Å²) in [5, 5.41) is 10.6. The van der Waals surface area contributed by atoms with Crippen LogP contribution in [-0.4, -0.2) is 26.5 Å². The van der Waals surface area contributed by atoms with E-state index in [1.165, 1.54) is 12.1 Å². The minimum Gasteiger partial charge on any atom is -0.493 e. The van der Waals surface area contributed by atoms with Crippen LogP contribution in [0.15, 0.2) is 64.2 Å². The average Bonchev–Trinajstić information content (AvgIpc) is 2.91. The van der Waals surface area contributed by atoms with Crippen LogP contribution in [0.25, 0.3) is 0 Å². The molecule has 134 valence electrons. The Morgan fingerprint density at radius 2 is 1.37 bits per heavy atom. The highest BCUT2D eigenvalue weighted by Crippen LogP contribution is 2.30. The maximum atomic E-state index is 12.6. The number of amides is 2. The van der Waals surface area contributed by atoms with Crippen molar-refractivity contribution < 1.29 is 14.7 Å². The highest BCUT2D eigenvalue weighted by atomic mass is 16.3. The molecule has 0 saturated carbocycles. The van der Waals surface area contributed by atoms with Gasteiger partial charge in [0.05, 0.1) is 17.7 Å². The number of aromatic hydroxyl groups is 1. The molecule has 3 aromatic rings. The molecule has 8 nitrogen and oxygen atoms in total. The largest absolute Gasteiger partial charge is 0.493 e. The molecule has 0 radical (unpaired) electrons. The van der Waals surface area contributed by atoms with Gasteiger partial charge in [-0.05, 0) is 17.7 Å². The first-order chi connectivity index (χ1) is 13.0. The molecule has 2 aromatic carbocycles. The van der Waals surface area contributed by atoms with Crippen molar-refractivity contribution in [3.8, 4) is 5.88 Å². The zero-order valence-electron chi connectivity index (χ0n) is 13.9. The van der Waals surface area contributed by atoms with E-state index in [9.17, 15) is 24.3 Å². The van der Waals surface area contributed by atoms with Gasteiger partial charge in [0.15, 0.2) is 5.69 Å². The van der Waals surface area contributed by atoms with E-state index in [1.54, 1.807) is 42.5 Å². The predicted molar refractivity (Wildman–Crippen MR) is 96.1 cm³/mol. The summed E-state index contributed by atoms with van der Waals surface area (Å²) < 4.78 is 0.898. The topological polar surface area (TPSA) is 112 Å². The fourth-order valence-electron chi connectivity index (χ4n) is 3.06. The Morgan fingerprint density at radius 1 is 0.815 bits per heavy atom. The van der Waals surface area contributed by atoms with Gasteiger partial charge in [-0.3, -0.25) is 23.9 Å². The molecule has 2 N–H and O–H groups in total. The highest BCUT2D eigenvalue weighted by molar-refractivity contribution is 6.34. The van der Waals surface area contributed by atoms with Gasteiger partial charge in [-0.2, -0.15) is 0 Å². The third-order valence-electron chi connectivity index (χ3n) is 4.35. The molecule has 0 fully saturated rings. The van der Waals surface area contributed by atoms with Crippen molar-refractivity contribution in [1.29, 1.82) is 0 Å². The lowest BCUT2D eigenvalue weighted by atomic mass is 10.1. The van der Waals surface area contributed by atoms with Gasteiger partial charge < -0.3 is 5.11 Å². The fraction of sp³-hybridized carbons (Fsp3) is 0.0526. The first-order valence-corrected chi connectivity index (χ1v) is 8.07. The summed E-state index contributed by atoms with van der Waals surface area (Å²) in [7, 11) is 0. The Kier molecular flexibility index (Phi) is 3.73. The third kappa shape index (κ3) is 2.54. The van der Waals surface area contributed by atoms with Crippen LogP contribution < -0.4 is 16.1 Å². The van der Waals surface area contributed by atoms with E-state index in [0.29, 0.717) is 10.5 Å². The Labute approximate surface area is 151 Å². The number of rotatable bonds is 3. The molecule has 2 amide bonds. The molecule has 1 aliphatic rings. The number of nitrogens with zero attached hydrogens (tertiary/aromatic N) is 2. The van der Waals surface area contributed by atoms with Gasteiger partial charge in [0.2, 0.25) is 5.88 Å². The summed E-state index contributed by atoms with van der Waals surface area (Å²) in [6, 6.07) is 14.9. The summed E-state index contributed by atoms with van der Waals surface area (Å²) in [6.07, 6.45) is 0. The first kappa shape index (κ1) is 16.5. The second-order valence-corrected chi connectivity index (χ2v) is 5.99. The van der Waals surface area contributed by atoms with Crippen LogP contribution in [0.1, 0.15) is 26.3 Å². The third-order valence-corrected chi connectivity index (χ3v) is 4.35. The number of nitrogens with one attached hydrogen (secondary N) is 1. The molecule has 4 rings (SSSR count). The zero-order valence-corrected chi connectivity index (χ0v) is 13.9. The van der Waals surface area contributed by atoms with E-state index in [4.69, 9.17) is 0 Å². The summed E-state index contributed by atoms with van der Waals surface area (Å²) in [4.78, 5) is 52.4. The summed E-state index contributed by atoms with van der Waals surface area (Å²) in [6.45, 7) is -0.0432. The van der Waals surface area contributed by atoms with Crippen molar-refractivity contribution in [2.45, 2.75) is 6.54 Å². The van der Waals surface area contributed by atoms with Crippen molar-refractivity contribution in [1.82, 2.24) is 9.55 Å². The van der Waals surface area contributed by atoms with Crippen molar-refractivity contribution in [3.63, 3.8) is 0 Å². The number of fused-ring (bicyclic) bond motifs is 1. The van der Waals surface area contributed by atoms with E-state index >= 15 is 0 Å². The Balaban J connectivity index is 1.87. The molecule has 1 aliphatic heterocycles. The Morgan fingerprint density at radius 3 is 1.96 bits per heavy atom. The van der Waals surface area contributed by atoms with Gasteiger partial charge in [0.25, 0.3) is 17.4 Å². The van der Waals surface area contributed by atoms with Crippen molar-refractivity contribution >= 4 is 17.5 Å². The second kappa shape index (κ2) is 6.10. The maximum absolute atomic E-state index is 12.6. The van der Waals surface area contributed by atoms with Crippen LogP contribution in [0.3, 0.4) is 0 Å². The number of aromatic nitrogens is 2. The number of hydrogen-bond donors (Lipinski definition) is 2. The first-order valence-electron chi connectivity index (χ1n) is 8.07. The zero-order chi connectivity index (χ0) is 19.1.